The molecular formula is C14H20N2O2. The van der Waals surface area contributed by atoms with Gasteiger partial charge >= 0.3 is 0 Å². The molecule has 1 amide bonds. The van der Waals surface area contributed by atoms with E-state index in [0.717, 1.165) is 0 Å². The lowest BCUT2D eigenvalue weighted by Crippen LogP contribution is -2.36. The lowest BCUT2D eigenvalue weighted by Gasteiger charge is -2.14. The van der Waals surface area contributed by atoms with Crippen molar-refractivity contribution in [1.29, 1.82) is 0 Å². The normalized spacial score (nSPS) is 12.3. The van der Waals surface area contributed by atoms with E-state index in [2.05, 4.69) is 5.32 Å². The van der Waals surface area contributed by atoms with Crippen LogP contribution in [0.2, 0.25) is 0 Å². The number of amides is 1. The molecule has 0 saturated heterocycles. The molecule has 0 fully saturated rings. The Balaban J connectivity index is 2.70. The molecule has 1 aromatic carbocycles. The van der Waals surface area contributed by atoms with Gasteiger partial charge in [-0.3, -0.25) is 9.59 Å². The average Bonchev–Trinajstić information content (AvgIpc) is 2.28. The van der Waals surface area contributed by atoms with Gasteiger partial charge < -0.3 is 11.1 Å². The van der Waals surface area contributed by atoms with Crippen LogP contribution < -0.4 is 11.1 Å². The van der Waals surface area contributed by atoms with Crippen molar-refractivity contribution < 1.29 is 9.59 Å². The molecule has 0 spiro atoms. The molecule has 0 aliphatic heterocycles. The summed E-state index contributed by atoms with van der Waals surface area (Å²) in [7, 11) is 0. The minimum absolute atomic E-state index is 0.0300. The third-order valence-electron chi connectivity index (χ3n) is 2.60. The highest BCUT2D eigenvalue weighted by atomic mass is 16.2. The molecule has 3 N–H and O–H groups in total. The first-order chi connectivity index (χ1) is 8.40. The zero-order valence-electron chi connectivity index (χ0n) is 11.1. The molecule has 1 aromatic rings. The summed E-state index contributed by atoms with van der Waals surface area (Å²) in [6, 6.07) is 6.33. The predicted octanol–water partition coefficient (Wildman–Crippen LogP) is 2.20. The summed E-state index contributed by atoms with van der Waals surface area (Å²) in [5, 5.41) is 2.73. The van der Waals surface area contributed by atoms with Gasteiger partial charge in [0, 0.05) is 11.3 Å². The van der Waals surface area contributed by atoms with Gasteiger partial charge in [-0.1, -0.05) is 26.0 Å². The van der Waals surface area contributed by atoms with Crippen LogP contribution in [-0.2, 0) is 4.79 Å². The van der Waals surface area contributed by atoms with Crippen LogP contribution in [0.15, 0.2) is 24.3 Å². The van der Waals surface area contributed by atoms with Crippen molar-refractivity contribution in [2.45, 2.75) is 33.2 Å². The van der Waals surface area contributed by atoms with E-state index in [1.165, 1.54) is 6.92 Å². The monoisotopic (exact) mass is 248 g/mol. The van der Waals surface area contributed by atoms with Crippen LogP contribution in [0.5, 0.6) is 0 Å². The van der Waals surface area contributed by atoms with E-state index in [4.69, 9.17) is 5.73 Å². The maximum atomic E-state index is 11.8. The molecule has 0 bridgehead atoms. The number of carbonyl (C=O) groups excluding carboxylic acids is 2. The number of benzene rings is 1. The highest BCUT2D eigenvalue weighted by Crippen LogP contribution is 2.12. The van der Waals surface area contributed by atoms with E-state index in [1.807, 2.05) is 13.8 Å². The molecule has 4 nitrogen and oxygen atoms in total. The summed E-state index contributed by atoms with van der Waals surface area (Å²) >= 11 is 0. The third kappa shape index (κ3) is 4.30. The smallest absolute Gasteiger partial charge is 0.241 e. The fourth-order valence-corrected chi connectivity index (χ4v) is 1.67. The second kappa shape index (κ2) is 6.31. The first-order valence-corrected chi connectivity index (χ1v) is 6.07. The van der Waals surface area contributed by atoms with Gasteiger partial charge in [0.25, 0.3) is 0 Å². The van der Waals surface area contributed by atoms with Crippen molar-refractivity contribution in [1.82, 2.24) is 0 Å². The van der Waals surface area contributed by atoms with Crippen LogP contribution in [0.1, 0.15) is 37.6 Å². The average molecular weight is 248 g/mol. The lowest BCUT2D eigenvalue weighted by molar-refractivity contribution is -0.117. The van der Waals surface area contributed by atoms with Gasteiger partial charge in [-0.05, 0) is 31.4 Å². The van der Waals surface area contributed by atoms with E-state index in [0.29, 0.717) is 23.6 Å². The molecule has 98 valence electrons. The molecule has 0 aromatic heterocycles. The summed E-state index contributed by atoms with van der Waals surface area (Å²) in [6.45, 7) is 5.53. The number of nitrogens with one attached hydrogen (secondary N) is 1. The second-order valence-electron chi connectivity index (χ2n) is 4.86. The van der Waals surface area contributed by atoms with Gasteiger partial charge in [-0.2, -0.15) is 0 Å². The van der Waals surface area contributed by atoms with Crippen molar-refractivity contribution in [2.24, 2.45) is 11.7 Å². The molecule has 0 aliphatic carbocycles. The molecular weight excluding hydrogens is 228 g/mol. The van der Waals surface area contributed by atoms with E-state index >= 15 is 0 Å². The predicted molar refractivity (Wildman–Crippen MR) is 72.5 cm³/mol. The van der Waals surface area contributed by atoms with Crippen molar-refractivity contribution in [3.8, 4) is 0 Å². The summed E-state index contributed by atoms with van der Waals surface area (Å²) < 4.78 is 0. The van der Waals surface area contributed by atoms with Gasteiger partial charge in [0.15, 0.2) is 5.78 Å². The fraction of sp³-hybridized carbons (Fsp3) is 0.429. The molecule has 0 saturated carbocycles. The Kier molecular flexibility index (Phi) is 5.04. The molecule has 4 heteroatoms. The Morgan fingerprint density at radius 2 is 2.00 bits per heavy atom. The summed E-state index contributed by atoms with van der Waals surface area (Å²) in [5.74, 6) is 0.122. The van der Waals surface area contributed by atoms with Gasteiger partial charge in [-0.25, -0.2) is 0 Å². The van der Waals surface area contributed by atoms with E-state index in [1.54, 1.807) is 24.3 Å². The second-order valence-corrected chi connectivity index (χ2v) is 4.86. The number of anilines is 1. The molecule has 0 unspecified atom stereocenters. The minimum atomic E-state index is -0.522. The van der Waals surface area contributed by atoms with Gasteiger partial charge in [-0.15, -0.1) is 0 Å². The van der Waals surface area contributed by atoms with Gasteiger partial charge in [0.2, 0.25) is 5.91 Å². The third-order valence-corrected chi connectivity index (χ3v) is 2.60. The van der Waals surface area contributed by atoms with Crippen LogP contribution in [-0.4, -0.2) is 17.7 Å². The van der Waals surface area contributed by atoms with E-state index in [9.17, 15) is 9.59 Å². The Bertz CT molecular complexity index is 441. The quantitative estimate of drug-likeness (QED) is 0.785. The van der Waals surface area contributed by atoms with Crippen molar-refractivity contribution in [3.63, 3.8) is 0 Å². The molecule has 0 aliphatic rings. The highest BCUT2D eigenvalue weighted by Gasteiger charge is 2.15. The van der Waals surface area contributed by atoms with Gasteiger partial charge in [0.05, 0.1) is 6.04 Å². The summed E-state index contributed by atoms with van der Waals surface area (Å²) in [4.78, 5) is 23.0. The summed E-state index contributed by atoms with van der Waals surface area (Å²) in [6.07, 6.45) is 0.637. The number of hydrogen-bond acceptors (Lipinski definition) is 3. The Hall–Kier alpha value is -1.68. The van der Waals surface area contributed by atoms with Crippen molar-refractivity contribution in [2.75, 3.05) is 5.32 Å². The maximum absolute atomic E-state index is 11.8. The SMILES string of the molecule is CC(=O)c1cccc(NC(=O)[C@@H](N)CC(C)C)c1. The van der Waals surface area contributed by atoms with Crippen molar-refractivity contribution in [3.05, 3.63) is 29.8 Å². The largest absolute Gasteiger partial charge is 0.325 e. The molecule has 1 atom stereocenters. The molecule has 0 radical (unpaired) electrons. The Labute approximate surface area is 108 Å². The van der Waals surface area contributed by atoms with E-state index in [-0.39, 0.29) is 11.7 Å². The lowest BCUT2D eigenvalue weighted by atomic mass is 10.0. The number of carbonyl (C=O) groups is 2. The topological polar surface area (TPSA) is 72.2 Å². The van der Waals surface area contributed by atoms with Crippen LogP contribution in [0, 0.1) is 5.92 Å². The van der Waals surface area contributed by atoms with Gasteiger partial charge in [0.1, 0.15) is 0 Å². The molecule has 1 rings (SSSR count). The zero-order chi connectivity index (χ0) is 13.7. The number of Topliss-reactive ketones (excluding diaryl/α,β-unsaturated/α-hetero) is 1. The Morgan fingerprint density at radius 3 is 2.56 bits per heavy atom. The van der Waals surface area contributed by atoms with Crippen LogP contribution in [0.25, 0.3) is 0 Å². The fourth-order valence-electron chi connectivity index (χ4n) is 1.67. The van der Waals surface area contributed by atoms with Crippen LogP contribution in [0.3, 0.4) is 0 Å². The number of rotatable bonds is 5. The number of hydrogen-bond donors (Lipinski definition) is 2. The molecule has 18 heavy (non-hydrogen) atoms. The molecule has 0 heterocycles. The van der Waals surface area contributed by atoms with Crippen LogP contribution in [0.4, 0.5) is 5.69 Å². The van der Waals surface area contributed by atoms with Crippen molar-refractivity contribution >= 4 is 17.4 Å². The maximum Gasteiger partial charge on any atom is 0.241 e. The number of ketones is 1. The van der Waals surface area contributed by atoms with E-state index < -0.39 is 6.04 Å². The first kappa shape index (κ1) is 14.4. The zero-order valence-corrected chi connectivity index (χ0v) is 11.1. The number of nitrogens with two attached hydrogens (primary N) is 1. The first-order valence-electron chi connectivity index (χ1n) is 6.07. The standard InChI is InChI=1S/C14H20N2O2/c1-9(2)7-13(15)14(18)16-12-6-4-5-11(8-12)10(3)17/h4-6,8-9,13H,7,15H2,1-3H3,(H,16,18)/t13-/m0/s1. The van der Waals surface area contributed by atoms with Crippen LogP contribution >= 0.6 is 0 Å². The highest BCUT2D eigenvalue weighted by molar-refractivity contribution is 5.98. The summed E-state index contributed by atoms with van der Waals surface area (Å²) in [5.41, 5.74) is 6.96. The minimum Gasteiger partial charge on any atom is -0.325 e. The Morgan fingerprint density at radius 1 is 1.33 bits per heavy atom.